The first kappa shape index (κ1) is 27.5. The molecule has 0 bridgehead atoms. The maximum atomic E-state index is 12.9. The minimum Gasteiger partial charge on any atom is -0.481 e. The molecule has 1 heterocycles. The number of carbonyl (C=O) groups is 5. The molecule has 2 N–H and O–H groups in total. The van der Waals surface area contributed by atoms with E-state index < -0.39 is 42.7 Å². The number of nitrogens with one attached hydrogen (secondary N) is 1. The third kappa shape index (κ3) is 7.28. The van der Waals surface area contributed by atoms with E-state index in [4.69, 9.17) is 4.74 Å². The molecule has 2 atom stereocenters. The van der Waals surface area contributed by atoms with E-state index >= 15 is 0 Å². The molecule has 9 nitrogen and oxygen atoms in total. The van der Waals surface area contributed by atoms with Crippen molar-refractivity contribution in [1.29, 1.82) is 0 Å². The van der Waals surface area contributed by atoms with Crippen LogP contribution in [-0.2, 0) is 35.1 Å². The number of aliphatic carboxylic acids is 1. The summed E-state index contributed by atoms with van der Waals surface area (Å²) in [5, 5.41) is 13.6. The fraction of sp³-hybridized carbons (Fsp3) is 0.300. The Hall–Kier alpha value is -4.53. The molecule has 1 aliphatic rings. The van der Waals surface area contributed by atoms with E-state index in [1.807, 2.05) is 66.7 Å². The Balaban J connectivity index is 1.36. The third-order valence-electron chi connectivity index (χ3n) is 6.76. The first-order valence-electron chi connectivity index (χ1n) is 12.8. The van der Waals surface area contributed by atoms with Crippen molar-refractivity contribution in [2.45, 2.75) is 44.2 Å². The van der Waals surface area contributed by atoms with Crippen LogP contribution >= 0.6 is 0 Å². The minimum atomic E-state index is -1.41. The Labute approximate surface area is 225 Å². The Morgan fingerprint density at radius 2 is 1.69 bits per heavy atom. The van der Waals surface area contributed by atoms with Gasteiger partial charge in [-0.15, -0.1) is 0 Å². The third-order valence-corrected chi connectivity index (χ3v) is 6.76. The average molecular weight is 531 g/mol. The lowest BCUT2D eigenvalue weighted by molar-refractivity contribution is -0.149. The van der Waals surface area contributed by atoms with Gasteiger partial charge < -0.3 is 20.1 Å². The maximum Gasteiger partial charge on any atom is 0.310 e. The number of ketones is 1. The number of ether oxygens (including phenoxy) is 1. The standard InChI is InChI=1S/C30H30N2O7/c33-26(19-39-30(38)16-22-12-6-11-20-8-4-5-13-23(20)22)24(17-29(36)37)31-27(34)18-32-25(14-7-15-28(32)35)21-9-2-1-3-10-21/h1-6,8-13,24-25H,7,14-19H2,(H,31,34)(H,36,37). The van der Waals surface area contributed by atoms with Crippen molar-refractivity contribution in [2.24, 2.45) is 0 Å². The zero-order valence-corrected chi connectivity index (χ0v) is 21.4. The summed E-state index contributed by atoms with van der Waals surface area (Å²) in [6, 6.07) is 20.8. The molecule has 9 heteroatoms. The Bertz CT molecular complexity index is 1370. The summed E-state index contributed by atoms with van der Waals surface area (Å²) >= 11 is 0. The monoisotopic (exact) mass is 530 g/mol. The van der Waals surface area contributed by atoms with Crippen LogP contribution in [0.2, 0.25) is 0 Å². The van der Waals surface area contributed by atoms with Gasteiger partial charge in [0.1, 0.15) is 12.6 Å². The highest BCUT2D eigenvalue weighted by molar-refractivity contribution is 5.95. The van der Waals surface area contributed by atoms with Crippen LogP contribution < -0.4 is 5.32 Å². The number of hydrogen-bond acceptors (Lipinski definition) is 6. The second-order valence-electron chi connectivity index (χ2n) is 9.50. The predicted molar refractivity (Wildman–Crippen MR) is 143 cm³/mol. The summed E-state index contributed by atoms with van der Waals surface area (Å²) in [5.41, 5.74) is 1.63. The lowest BCUT2D eigenvalue weighted by atomic mass is 9.95. The highest BCUT2D eigenvalue weighted by atomic mass is 16.5. The summed E-state index contributed by atoms with van der Waals surface area (Å²) in [5.74, 6) is -3.54. The number of nitrogens with zero attached hydrogens (tertiary/aromatic N) is 1. The topological polar surface area (TPSA) is 130 Å². The molecular weight excluding hydrogens is 500 g/mol. The molecule has 3 aromatic rings. The van der Waals surface area contributed by atoms with Gasteiger partial charge in [0.2, 0.25) is 11.8 Å². The van der Waals surface area contributed by atoms with E-state index in [9.17, 15) is 29.1 Å². The van der Waals surface area contributed by atoms with Gasteiger partial charge in [0.15, 0.2) is 12.4 Å². The number of carbonyl (C=O) groups excluding carboxylic acids is 4. The molecular formula is C30H30N2O7. The summed E-state index contributed by atoms with van der Waals surface area (Å²) in [4.78, 5) is 63.7. The Morgan fingerprint density at radius 1 is 0.974 bits per heavy atom. The van der Waals surface area contributed by atoms with Crippen LogP contribution in [0.3, 0.4) is 0 Å². The van der Waals surface area contributed by atoms with Crippen LogP contribution in [0.1, 0.15) is 42.9 Å². The molecule has 2 unspecified atom stereocenters. The SMILES string of the molecule is O=C(O)CC(NC(=O)CN1C(=O)CCCC1c1ccccc1)C(=O)COC(=O)Cc1cccc2ccccc12. The van der Waals surface area contributed by atoms with Gasteiger partial charge in [-0.3, -0.25) is 24.0 Å². The van der Waals surface area contributed by atoms with E-state index in [0.29, 0.717) is 19.3 Å². The molecule has 0 spiro atoms. The maximum absolute atomic E-state index is 12.9. The van der Waals surface area contributed by atoms with Crippen molar-refractivity contribution in [1.82, 2.24) is 10.2 Å². The molecule has 0 saturated carbocycles. The molecule has 0 aliphatic carbocycles. The number of amides is 2. The normalized spacial score (nSPS) is 15.9. The molecule has 202 valence electrons. The molecule has 0 aromatic heterocycles. The first-order valence-corrected chi connectivity index (χ1v) is 12.8. The molecule has 0 radical (unpaired) electrons. The first-order chi connectivity index (χ1) is 18.8. The number of hydrogen-bond donors (Lipinski definition) is 2. The van der Waals surface area contributed by atoms with Gasteiger partial charge in [-0.05, 0) is 34.7 Å². The molecule has 4 rings (SSSR count). The zero-order valence-electron chi connectivity index (χ0n) is 21.4. The lowest BCUT2D eigenvalue weighted by Gasteiger charge is -2.35. The lowest BCUT2D eigenvalue weighted by Crippen LogP contribution is -2.50. The van der Waals surface area contributed by atoms with Crippen molar-refractivity contribution in [2.75, 3.05) is 13.2 Å². The van der Waals surface area contributed by atoms with Crippen molar-refractivity contribution in [3.05, 3.63) is 83.9 Å². The molecule has 39 heavy (non-hydrogen) atoms. The number of Topliss-reactive ketones (excluding diaryl/α,β-unsaturated/α-hetero) is 1. The van der Waals surface area contributed by atoms with Crippen LogP contribution in [0.15, 0.2) is 72.8 Å². The molecule has 2 amide bonds. The van der Waals surface area contributed by atoms with Gasteiger partial charge in [0.05, 0.1) is 18.9 Å². The van der Waals surface area contributed by atoms with Gasteiger partial charge in [-0.1, -0.05) is 72.8 Å². The van der Waals surface area contributed by atoms with E-state index in [-0.39, 0.29) is 24.9 Å². The summed E-state index contributed by atoms with van der Waals surface area (Å²) < 4.78 is 5.15. The predicted octanol–water partition coefficient (Wildman–Crippen LogP) is 3.21. The Kier molecular flexibility index (Phi) is 9.04. The molecule has 1 saturated heterocycles. The minimum absolute atomic E-state index is 0.0669. The number of piperidine rings is 1. The molecule has 1 fully saturated rings. The highest BCUT2D eigenvalue weighted by Crippen LogP contribution is 2.31. The fourth-order valence-electron chi connectivity index (χ4n) is 4.86. The number of fused-ring (bicyclic) bond motifs is 1. The van der Waals surface area contributed by atoms with Crippen molar-refractivity contribution < 1.29 is 33.8 Å². The summed E-state index contributed by atoms with van der Waals surface area (Å²) in [7, 11) is 0. The number of benzene rings is 3. The van der Waals surface area contributed by atoms with Gasteiger partial charge in [-0.2, -0.15) is 0 Å². The van der Waals surface area contributed by atoms with E-state index in [0.717, 1.165) is 21.9 Å². The van der Waals surface area contributed by atoms with Crippen LogP contribution in [0, 0.1) is 0 Å². The molecule has 3 aromatic carbocycles. The highest BCUT2D eigenvalue weighted by Gasteiger charge is 2.32. The van der Waals surface area contributed by atoms with E-state index in [1.54, 1.807) is 6.07 Å². The van der Waals surface area contributed by atoms with E-state index in [2.05, 4.69) is 5.32 Å². The fourth-order valence-corrected chi connectivity index (χ4v) is 4.86. The van der Waals surface area contributed by atoms with Crippen LogP contribution in [-0.4, -0.2) is 58.7 Å². The van der Waals surface area contributed by atoms with Gasteiger partial charge >= 0.3 is 11.9 Å². The number of esters is 1. The quantitative estimate of drug-likeness (QED) is 0.364. The van der Waals surface area contributed by atoms with Crippen molar-refractivity contribution in [3.63, 3.8) is 0 Å². The van der Waals surface area contributed by atoms with E-state index in [1.165, 1.54) is 4.90 Å². The Morgan fingerprint density at radius 3 is 2.46 bits per heavy atom. The smallest absolute Gasteiger partial charge is 0.310 e. The van der Waals surface area contributed by atoms with Gasteiger partial charge in [-0.25, -0.2) is 0 Å². The number of carboxylic acids is 1. The largest absolute Gasteiger partial charge is 0.481 e. The average Bonchev–Trinajstić information content (AvgIpc) is 2.93. The summed E-state index contributed by atoms with van der Waals surface area (Å²) in [6.07, 6.45) is 0.943. The zero-order chi connectivity index (χ0) is 27.8. The van der Waals surface area contributed by atoms with Gasteiger partial charge in [0.25, 0.3) is 0 Å². The van der Waals surface area contributed by atoms with Crippen molar-refractivity contribution in [3.8, 4) is 0 Å². The number of rotatable bonds is 11. The van der Waals surface area contributed by atoms with Crippen LogP contribution in [0.5, 0.6) is 0 Å². The van der Waals surface area contributed by atoms with Crippen molar-refractivity contribution >= 4 is 40.3 Å². The van der Waals surface area contributed by atoms with Gasteiger partial charge in [0, 0.05) is 6.42 Å². The number of carboxylic acid groups (broad SMARTS) is 1. The second kappa shape index (κ2) is 12.8. The number of likely N-dealkylation sites (tertiary alicyclic amines) is 1. The second-order valence-corrected chi connectivity index (χ2v) is 9.50. The molecule has 1 aliphatic heterocycles. The van der Waals surface area contributed by atoms with Crippen LogP contribution in [0.4, 0.5) is 0 Å². The van der Waals surface area contributed by atoms with Crippen LogP contribution in [0.25, 0.3) is 10.8 Å². The summed E-state index contributed by atoms with van der Waals surface area (Å²) in [6.45, 7) is -1.00.